The summed E-state index contributed by atoms with van der Waals surface area (Å²) >= 11 is 3.74. The summed E-state index contributed by atoms with van der Waals surface area (Å²) in [7, 11) is 1.64. The zero-order valence-corrected chi connectivity index (χ0v) is 22.8. The van der Waals surface area contributed by atoms with Gasteiger partial charge < -0.3 is 14.7 Å². The third-order valence-corrected chi connectivity index (χ3v) is 6.81. The Morgan fingerprint density at radius 2 is 1.81 bits per heavy atom. The third kappa shape index (κ3) is 5.27. The van der Waals surface area contributed by atoms with Crippen LogP contribution >= 0.6 is 15.9 Å². The Hall–Kier alpha value is -3.29. The molecule has 0 saturated heterocycles. The van der Waals surface area contributed by atoms with Crippen molar-refractivity contribution < 1.29 is 9.84 Å². The van der Waals surface area contributed by atoms with Crippen molar-refractivity contribution >= 4 is 27.6 Å². The molecule has 0 aliphatic rings. The van der Waals surface area contributed by atoms with Crippen LogP contribution in [0.15, 0.2) is 71.5 Å². The number of para-hydroxylation sites is 1. The van der Waals surface area contributed by atoms with E-state index in [-0.39, 0.29) is 0 Å². The number of aliphatic hydroxyl groups is 1. The van der Waals surface area contributed by atoms with E-state index in [0.717, 1.165) is 32.7 Å². The first-order valence-corrected chi connectivity index (χ1v) is 12.8. The molecule has 4 rings (SSSR count). The second-order valence-electron chi connectivity index (χ2n) is 8.91. The van der Waals surface area contributed by atoms with E-state index in [9.17, 15) is 5.11 Å². The largest absolute Gasteiger partial charge is 0.496 e. The molecule has 186 valence electrons. The SMILES string of the molecule is CCN(c1nc(C)cc(C(O)c2cnccc2-c2ccccc2OC)n1)c1ccc(C(C)C)cc1Br. The van der Waals surface area contributed by atoms with Crippen LogP contribution in [0.4, 0.5) is 11.6 Å². The minimum Gasteiger partial charge on any atom is -0.496 e. The summed E-state index contributed by atoms with van der Waals surface area (Å²) in [5, 5.41) is 11.5. The Labute approximate surface area is 221 Å². The summed E-state index contributed by atoms with van der Waals surface area (Å²) in [6.07, 6.45) is 2.40. The van der Waals surface area contributed by atoms with Crippen molar-refractivity contribution in [2.45, 2.75) is 39.7 Å². The highest BCUT2D eigenvalue weighted by atomic mass is 79.9. The van der Waals surface area contributed by atoms with Gasteiger partial charge in [-0.2, -0.15) is 0 Å². The fourth-order valence-electron chi connectivity index (χ4n) is 4.25. The minimum absolute atomic E-state index is 0.430. The first kappa shape index (κ1) is 25.8. The molecule has 0 radical (unpaired) electrons. The monoisotopic (exact) mass is 546 g/mol. The molecule has 7 heteroatoms. The molecule has 6 nitrogen and oxygen atoms in total. The molecule has 0 saturated carbocycles. The van der Waals surface area contributed by atoms with E-state index in [4.69, 9.17) is 14.7 Å². The van der Waals surface area contributed by atoms with Crippen LogP contribution in [0.5, 0.6) is 5.75 Å². The molecular weight excluding hydrogens is 516 g/mol. The van der Waals surface area contributed by atoms with Crippen LogP contribution < -0.4 is 9.64 Å². The molecule has 1 unspecified atom stereocenters. The molecule has 0 bridgehead atoms. The van der Waals surface area contributed by atoms with Gasteiger partial charge in [0.2, 0.25) is 5.95 Å². The Morgan fingerprint density at radius 3 is 2.50 bits per heavy atom. The molecular formula is C29H31BrN4O2. The number of halogens is 1. The summed E-state index contributed by atoms with van der Waals surface area (Å²) in [5.41, 5.74) is 5.88. The molecule has 0 fully saturated rings. The number of nitrogens with zero attached hydrogens (tertiary/aromatic N) is 4. The lowest BCUT2D eigenvalue weighted by Gasteiger charge is -2.25. The number of hydrogen-bond donors (Lipinski definition) is 1. The highest BCUT2D eigenvalue weighted by Crippen LogP contribution is 2.37. The van der Waals surface area contributed by atoms with Gasteiger partial charge in [-0.05, 0) is 77.2 Å². The van der Waals surface area contributed by atoms with E-state index in [0.29, 0.717) is 29.7 Å². The van der Waals surface area contributed by atoms with Crippen molar-refractivity contribution in [1.29, 1.82) is 0 Å². The number of methoxy groups -OCH3 is 1. The predicted molar refractivity (Wildman–Crippen MR) is 148 cm³/mol. The van der Waals surface area contributed by atoms with Crippen LogP contribution in [0.2, 0.25) is 0 Å². The lowest BCUT2D eigenvalue weighted by Crippen LogP contribution is -2.21. The molecule has 0 amide bonds. The number of pyridine rings is 1. The Morgan fingerprint density at radius 1 is 1.03 bits per heavy atom. The number of ether oxygens (including phenoxy) is 1. The van der Waals surface area contributed by atoms with Crippen LogP contribution in [-0.2, 0) is 0 Å². The van der Waals surface area contributed by atoms with Crippen LogP contribution in [0.3, 0.4) is 0 Å². The maximum absolute atomic E-state index is 11.5. The average molecular weight is 547 g/mol. The van der Waals surface area contributed by atoms with Crippen molar-refractivity contribution in [3.05, 3.63) is 94.0 Å². The second-order valence-corrected chi connectivity index (χ2v) is 9.76. The normalized spacial score (nSPS) is 12.0. The molecule has 1 atom stereocenters. The van der Waals surface area contributed by atoms with Crippen molar-refractivity contribution in [3.8, 4) is 16.9 Å². The van der Waals surface area contributed by atoms with E-state index >= 15 is 0 Å². The van der Waals surface area contributed by atoms with E-state index < -0.39 is 6.10 Å². The van der Waals surface area contributed by atoms with Crippen molar-refractivity contribution in [3.63, 3.8) is 0 Å². The number of hydrogen-bond acceptors (Lipinski definition) is 6. The Kier molecular flexibility index (Phi) is 8.01. The number of aliphatic hydroxyl groups excluding tert-OH is 1. The standard InChI is InChI=1S/C29H31BrN4O2/c1-6-34(26-12-11-20(18(2)3)16-24(26)30)29-32-19(4)15-25(33-29)28(35)23-17-31-14-13-21(23)22-9-7-8-10-27(22)36-5/h7-18,28,35H,6H2,1-5H3. The lowest BCUT2D eigenvalue weighted by molar-refractivity contribution is 0.215. The van der Waals surface area contributed by atoms with Gasteiger partial charge in [0.15, 0.2) is 0 Å². The summed E-state index contributed by atoms with van der Waals surface area (Å²) in [6, 6.07) is 17.8. The molecule has 4 aromatic rings. The van der Waals surface area contributed by atoms with Crippen molar-refractivity contribution in [2.75, 3.05) is 18.6 Å². The summed E-state index contributed by atoms with van der Waals surface area (Å²) in [6.45, 7) is 8.99. The summed E-state index contributed by atoms with van der Waals surface area (Å²) in [5.74, 6) is 1.69. The molecule has 36 heavy (non-hydrogen) atoms. The Bertz CT molecular complexity index is 1360. The van der Waals surface area contributed by atoms with Gasteiger partial charge in [-0.25, -0.2) is 9.97 Å². The molecule has 2 aromatic heterocycles. The highest BCUT2D eigenvalue weighted by molar-refractivity contribution is 9.10. The van der Waals surface area contributed by atoms with Gasteiger partial charge >= 0.3 is 0 Å². The van der Waals surface area contributed by atoms with Gasteiger partial charge in [0.05, 0.1) is 18.5 Å². The fourth-order valence-corrected chi connectivity index (χ4v) is 4.87. The number of rotatable bonds is 8. The van der Waals surface area contributed by atoms with Gasteiger partial charge in [-0.3, -0.25) is 4.98 Å². The molecule has 0 aliphatic carbocycles. The van der Waals surface area contributed by atoms with Gasteiger partial charge in [0.1, 0.15) is 11.9 Å². The molecule has 2 heterocycles. The number of benzene rings is 2. The summed E-state index contributed by atoms with van der Waals surface area (Å²) in [4.78, 5) is 15.9. The van der Waals surface area contributed by atoms with E-state index in [1.807, 2.05) is 48.2 Å². The maximum atomic E-state index is 11.5. The van der Waals surface area contributed by atoms with E-state index in [2.05, 4.69) is 59.9 Å². The fraction of sp³-hybridized carbons (Fsp3) is 0.276. The Balaban J connectivity index is 1.77. The molecule has 0 aliphatic heterocycles. The van der Waals surface area contributed by atoms with E-state index in [1.165, 1.54) is 5.56 Å². The zero-order valence-electron chi connectivity index (χ0n) is 21.2. The predicted octanol–water partition coefficient (Wildman–Crippen LogP) is 6.98. The van der Waals surface area contributed by atoms with Gasteiger partial charge in [-0.15, -0.1) is 0 Å². The van der Waals surface area contributed by atoms with Crippen LogP contribution in [0.1, 0.15) is 55.3 Å². The van der Waals surface area contributed by atoms with Gasteiger partial charge in [0.25, 0.3) is 0 Å². The number of anilines is 2. The quantitative estimate of drug-likeness (QED) is 0.257. The molecule has 2 aromatic carbocycles. The van der Waals surface area contributed by atoms with Crippen LogP contribution in [0, 0.1) is 6.92 Å². The van der Waals surface area contributed by atoms with E-state index in [1.54, 1.807) is 19.5 Å². The highest BCUT2D eigenvalue weighted by Gasteiger charge is 2.22. The zero-order chi connectivity index (χ0) is 25.8. The third-order valence-electron chi connectivity index (χ3n) is 6.17. The van der Waals surface area contributed by atoms with Crippen molar-refractivity contribution in [1.82, 2.24) is 15.0 Å². The summed E-state index contributed by atoms with van der Waals surface area (Å²) < 4.78 is 6.55. The number of aryl methyl sites for hydroxylation is 1. The van der Waals surface area contributed by atoms with Gasteiger partial charge in [-0.1, -0.05) is 38.1 Å². The topological polar surface area (TPSA) is 71.4 Å². The number of aromatic nitrogens is 3. The first-order chi connectivity index (χ1) is 17.3. The van der Waals surface area contributed by atoms with Crippen molar-refractivity contribution in [2.24, 2.45) is 0 Å². The molecule has 1 N–H and O–H groups in total. The van der Waals surface area contributed by atoms with Crippen LogP contribution in [0.25, 0.3) is 11.1 Å². The van der Waals surface area contributed by atoms with Crippen LogP contribution in [-0.4, -0.2) is 33.7 Å². The average Bonchev–Trinajstić information content (AvgIpc) is 2.89. The minimum atomic E-state index is -0.996. The molecule has 0 spiro atoms. The lowest BCUT2D eigenvalue weighted by atomic mass is 9.96. The second kappa shape index (κ2) is 11.2. The smallest absolute Gasteiger partial charge is 0.230 e. The van der Waals surface area contributed by atoms with Gasteiger partial charge in [0, 0.05) is 40.2 Å². The maximum Gasteiger partial charge on any atom is 0.230 e. The first-order valence-electron chi connectivity index (χ1n) is 12.0.